The maximum Gasteiger partial charge on any atom is 0.333 e. The van der Waals surface area contributed by atoms with Gasteiger partial charge in [0, 0.05) is 18.6 Å². The molecule has 1 aliphatic rings. The standard InChI is InChI=1S/C23H32O5/c1-3-4-6-11-18-13-9-10-14-19(18)12-7-5-8-15-21(27-17(2)24)20-16-22(25)28-23(20)26/h9-10,13-14,16,21,23,26H,3-8,11-12,15H2,1-2H3. The minimum absolute atomic E-state index is 0.335. The molecule has 0 fully saturated rings. The van der Waals surface area contributed by atoms with Crippen molar-refractivity contribution < 1.29 is 24.2 Å². The van der Waals surface area contributed by atoms with Crippen molar-refractivity contribution in [2.75, 3.05) is 0 Å². The molecule has 5 nitrogen and oxygen atoms in total. The van der Waals surface area contributed by atoms with Gasteiger partial charge in [-0.3, -0.25) is 4.79 Å². The fourth-order valence-corrected chi connectivity index (χ4v) is 3.60. The first-order valence-corrected chi connectivity index (χ1v) is 10.4. The Labute approximate surface area is 167 Å². The molecule has 0 radical (unpaired) electrons. The van der Waals surface area contributed by atoms with Crippen molar-refractivity contribution >= 4 is 11.9 Å². The molecule has 1 aliphatic heterocycles. The molecule has 0 aliphatic carbocycles. The second-order valence-electron chi connectivity index (χ2n) is 7.36. The Morgan fingerprint density at radius 1 is 1.11 bits per heavy atom. The molecular formula is C23H32O5. The van der Waals surface area contributed by atoms with E-state index in [0.29, 0.717) is 12.0 Å². The topological polar surface area (TPSA) is 72.8 Å². The zero-order chi connectivity index (χ0) is 20.4. The van der Waals surface area contributed by atoms with Gasteiger partial charge >= 0.3 is 11.9 Å². The summed E-state index contributed by atoms with van der Waals surface area (Å²) >= 11 is 0. The van der Waals surface area contributed by atoms with Gasteiger partial charge in [-0.05, 0) is 49.7 Å². The van der Waals surface area contributed by atoms with E-state index in [2.05, 4.69) is 31.2 Å². The number of aliphatic hydroxyl groups excluding tert-OH is 1. The fraction of sp³-hybridized carbons (Fsp3) is 0.565. The lowest BCUT2D eigenvalue weighted by atomic mass is 9.96. The lowest BCUT2D eigenvalue weighted by Crippen LogP contribution is -2.25. The van der Waals surface area contributed by atoms with Crippen LogP contribution < -0.4 is 0 Å². The Morgan fingerprint density at radius 3 is 2.29 bits per heavy atom. The number of aryl methyl sites for hydroxylation is 2. The Morgan fingerprint density at radius 2 is 1.75 bits per heavy atom. The van der Waals surface area contributed by atoms with Crippen LogP contribution in [-0.4, -0.2) is 29.4 Å². The van der Waals surface area contributed by atoms with E-state index >= 15 is 0 Å². The number of cyclic esters (lactones) is 1. The lowest BCUT2D eigenvalue weighted by Gasteiger charge is -2.19. The van der Waals surface area contributed by atoms with E-state index in [-0.39, 0.29) is 0 Å². The van der Waals surface area contributed by atoms with Gasteiger partial charge in [0.25, 0.3) is 0 Å². The molecule has 0 saturated carbocycles. The summed E-state index contributed by atoms with van der Waals surface area (Å²) in [5, 5.41) is 9.81. The number of carbonyl (C=O) groups excluding carboxylic acids is 2. The average Bonchev–Trinajstić information content (AvgIpc) is 2.99. The minimum Gasteiger partial charge on any atom is -0.458 e. The second-order valence-corrected chi connectivity index (χ2v) is 7.36. The number of unbranched alkanes of at least 4 members (excludes halogenated alkanes) is 4. The quantitative estimate of drug-likeness (QED) is 0.428. The van der Waals surface area contributed by atoms with E-state index in [4.69, 9.17) is 9.47 Å². The molecular weight excluding hydrogens is 356 g/mol. The summed E-state index contributed by atoms with van der Waals surface area (Å²) in [5.41, 5.74) is 3.20. The van der Waals surface area contributed by atoms with Crippen LogP contribution in [0.3, 0.4) is 0 Å². The van der Waals surface area contributed by atoms with E-state index in [0.717, 1.165) is 32.1 Å². The highest BCUT2D eigenvalue weighted by atomic mass is 16.6. The first kappa shape index (κ1) is 22.2. The molecule has 1 N–H and O–H groups in total. The zero-order valence-corrected chi connectivity index (χ0v) is 17.0. The van der Waals surface area contributed by atoms with E-state index < -0.39 is 24.3 Å². The molecule has 28 heavy (non-hydrogen) atoms. The van der Waals surface area contributed by atoms with Crippen LogP contribution in [-0.2, 0) is 31.9 Å². The summed E-state index contributed by atoms with van der Waals surface area (Å²) in [7, 11) is 0. The molecule has 0 bridgehead atoms. The maximum absolute atomic E-state index is 11.4. The Hall–Kier alpha value is -2.14. The van der Waals surface area contributed by atoms with E-state index in [1.807, 2.05) is 0 Å². The van der Waals surface area contributed by atoms with Crippen molar-refractivity contribution in [2.45, 2.75) is 84.0 Å². The third-order valence-electron chi connectivity index (χ3n) is 5.06. The van der Waals surface area contributed by atoms with Crippen molar-refractivity contribution in [3.05, 3.63) is 47.0 Å². The molecule has 2 atom stereocenters. The molecule has 2 rings (SSSR count). The number of hydrogen-bond donors (Lipinski definition) is 1. The predicted molar refractivity (Wildman–Crippen MR) is 108 cm³/mol. The third kappa shape index (κ3) is 7.12. The van der Waals surface area contributed by atoms with Crippen LogP contribution >= 0.6 is 0 Å². The van der Waals surface area contributed by atoms with E-state index in [1.165, 1.54) is 43.4 Å². The molecule has 1 aromatic carbocycles. The summed E-state index contributed by atoms with van der Waals surface area (Å²) in [6.45, 7) is 3.55. The van der Waals surface area contributed by atoms with Crippen molar-refractivity contribution in [1.29, 1.82) is 0 Å². The number of benzene rings is 1. The Balaban J connectivity index is 1.80. The van der Waals surface area contributed by atoms with Gasteiger partial charge in [-0.1, -0.05) is 50.5 Å². The van der Waals surface area contributed by atoms with Crippen molar-refractivity contribution in [2.24, 2.45) is 0 Å². The summed E-state index contributed by atoms with van der Waals surface area (Å²) < 4.78 is 10.0. The zero-order valence-electron chi connectivity index (χ0n) is 17.0. The lowest BCUT2D eigenvalue weighted by molar-refractivity contribution is -0.153. The highest BCUT2D eigenvalue weighted by molar-refractivity contribution is 5.86. The smallest absolute Gasteiger partial charge is 0.333 e. The summed E-state index contributed by atoms with van der Waals surface area (Å²) in [4.78, 5) is 22.7. The number of rotatable bonds is 12. The van der Waals surface area contributed by atoms with Crippen molar-refractivity contribution in [3.8, 4) is 0 Å². The first-order chi connectivity index (χ1) is 13.5. The number of aliphatic hydroxyl groups is 1. The molecule has 1 aromatic rings. The molecule has 154 valence electrons. The van der Waals surface area contributed by atoms with E-state index in [9.17, 15) is 14.7 Å². The highest BCUT2D eigenvalue weighted by Gasteiger charge is 2.31. The Bertz CT molecular complexity index is 679. The SMILES string of the molecule is CCCCCc1ccccc1CCCCCC(OC(C)=O)C1=CC(=O)OC1O. The van der Waals surface area contributed by atoms with Gasteiger partial charge in [-0.2, -0.15) is 0 Å². The van der Waals surface area contributed by atoms with Crippen molar-refractivity contribution in [3.63, 3.8) is 0 Å². The second kappa shape index (κ2) is 11.6. The van der Waals surface area contributed by atoms with Crippen LogP contribution in [0, 0.1) is 0 Å². The van der Waals surface area contributed by atoms with Crippen LogP contribution in [0.1, 0.15) is 69.9 Å². The fourth-order valence-electron chi connectivity index (χ4n) is 3.60. The molecule has 0 amide bonds. The van der Waals surface area contributed by atoms with Crippen LogP contribution in [0.25, 0.3) is 0 Å². The largest absolute Gasteiger partial charge is 0.458 e. The number of hydrogen-bond acceptors (Lipinski definition) is 5. The van der Waals surface area contributed by atoms with Gasteiger partial charge in [-0.25, -0.2) is 4.79 Å². The predicted octanol–water partition coefficient (Wildman–Crippen LogP) is 4.26. The van der Waals surface area contributed by atoms with Crippen LogP contribution in [0.2, 0.25) is 0 Å². The number of carbonyl (C=O) groups is 2. The molecule has 0 aromatic heterocycles. The molecule has 5 heteroatoms. The van der Waals surface area contributed by atoms with Gasteiger partial charge in [0.15, 0.2) is 0 Å². The van der Waals surface area contributed by atoms with Crippen LogP contribution in [0.5, 0.6) is 0 Å². The summed E-state index contributed by atoms with van der Waals surface area (Å²) in [6, 6.07) is 8.65. The van der Waals surface area contributed by atoms with Gasteiger partial charge in [-0.15, -0.1) is 0 Å². The molecule has 2 unspecified atom stereocenters. The Kier molecular flexibility index (Phi) is 9.21. The van der Waals surface area contributed by atoms with Gasteiger partial charge in [0.2, 0.25) is 6.29 Å². The van der Waals surface area contributed by atoms with E-state index in [1.54, 1.807) is 0 Å². The monoisotopic (exact) mass is 388 g/mol. The first-order valence-electron chi connectivity index (χ1n) is 10.4. The number of esters is 2. The molecule has 1 heterocycles. The summed E-state index contributed by atoms with van der Waals surface area (Å²) in [5.74, 6) is -1.03. The third-order valence-corrected chi connectivity index (χ3v) is 5.06. The van der Waals surface area contributed by atoms with Crippen LogP contribution in [0.15, 0.2) is 35.9 Å². The van der Waals surface area contributed by atoms with Gasteiger partial charge in [0.05, 0.1) is 0 Å². The average molecular weight is 389 g/mol. The molecule has 0 saturated heterocycles. The number of ether oxygens (including phenoxy) is 2. The van der Waals surface area contributed by atoms with Gasteiger partial charge < -0.3 is 14.6 Å². The highest BCUT2D eigenvalue weighted by Crippen LogP contribution is 2.24. The van der Waals surface area contributed by atoms with Crippen molar-refractivity contribution in [1.82, 2.24) is 0 Å². The maximum atomic E-state index is 11.4. The normalized spacial score (nSPS) is 17.2. The summed E-state index contributed by atoms with van der Waals surface area (Å²) in [6.07, 6.45) is 8.64. The minimum atomic E-state index is -1.31. The molecule has 0 spiro atoms. The van der Waals surface area contributed by atoms with Crippen LogP contribution in [0.4, 0.5) is 0 Å². The van der Waals surface area contributed by atoms with Gasteiger partial charge in [0.1, 0.15) is 6.10 Å².